The van der Waals surface area contributed by atoms with E-state index in [9.17, 15) is 18.8 Å². The fourth-order valence-corrected chi connectivity index (χ4v) is 5.05. The standard InChI is InChI=1S/C29H23ClFN3O3S2/c1-18(27(35)33-21-11-14-25(31)24(30)16-21)39-22-12-9-20(10-13-22)32-29(37)26(17-23-8-5-15-38-23)34-28(36)19-6-3-2-4-7-19/h2-18H,1H3,(H,32,37)(H,33,35)(H,34,36)/b26-17-. The number of thiophene rings is 1. The zero-order valence-electron chi connectivity index (χ0n) is 20.6. The normalized spacial score (nSPS) is 11.9. The number of amides is 3. The molecular weight excluding hydrogens is 557 g/mol. The summed E-state index contributed by atoms with van der Waals surface area (Å²) < 4.78 is 13.4. The van der Waals surface area contributed by atoms with Crippen LogP contribution >= 0.6 is 34.7 Å². The molecule has 3 amide bonds. The van der Waals surface area contributed by atoms with Crippen molar-refractivity contribution in [1.82, 2.24) is 5.32 Å². The number of halogens is 2. The molecule has 0 saturated heterocycles. The number of hydrogen-bond donors (Lipinski definition) is 3. The summed E-state index contributed by atoms with van der Waals surface area (Å²) in [4.78, 5) is 40.0. The van der Waals surface area contributed by atoms with Gasteiger partial charge in [0.1, 0.15) is 11.5 Å². The van der Waals surface area contributed by atoms with Gasteiger partial charge in [-0.3, -0.25) is 14.4 Å². The molecule has 0 aliphatic rings. The van der Waals surface area contributed by atoms with Crippen LogP contribution in [0.4, 0.5) is 15.8 Å². The molecule has 1 unspecified atom stereocenters. The monoisotopic (exact) mass is 579 g/mol. The van der Waals surface area contributed by atoms with E-state index in [4.69, 9.17) is 11.6 Å². The number of anilines is 2. The number of rotatable bonds is 9. The van der Waals surface area contributed by atoms with Gasteiger partial charge in [0, 0.05) is 26.7 Å². The lowest BCUT2D eigenvalue weighted by molar-refractivity contribution is -0.115. The van der Waals surface area contributed by atoms with Crippen molar-refractivity contribution in [3.8, 4) is 0 Å². The van der Waals surface area contributed by atoms with Crippen LogP contribution in [-0.4, -0.2) is 23.0 Å². The summed E-state index contributed by atoms with van der Waals surface area (Å²) in [6, 6.07) is 23.3. The van der Waals surface area contributed by atoms with Crippen molar-refractivity contribution in [3.63, 3.8) is 0 Å². The molecule has 4 rings (SSSR count). The van der Waals surface area contributed by atoms with Crippen LogP contribution in [0.1, 0.15) is 22.2 Å². The lowest BCUT2D eigenvalue weighted by Gasteiger charge is -2.13. The molecule has 1 heterocycles. The zero-order chi connectivity index (χ0) is 27.8. The van der Waals surface area contributed by atoms with E-state index >= 15 is 0 Å². The van der Waals surface area contributed by atoms with Crippen LogP contribution in [0, 0.1) is 5.82 Å². The van der Waals surface area contributed by atoms with Gasteiger partial charge in [0.2, 0.25) is 5.91 Å². The van der Waals surface area contributed by atoms with Crippen molar-refractivity contribution in [1.29, 1.82) is 0 Å². The lowest BCUT2D eigenvalue weighted by Crippen LogP contribution is -2.30. The summed E-state index contributed by atoms with van der Waals surface area (Å²) in [5.74, 6) is -1.69. The van der Waals surface area contributed by atoms with E-state index in [0.717, 1.165) is 9.77 Å². The maximum Gasteiger partial charge on any atom is 0.272 e. The van der Waals surface area contributed by atoms with Gasteiger partial charge in [-0.1, -0.05) is 35.9 Å². The fraction of sp³-hybridized carbons (Fsp3) is 0.0690. The summed E-state index contributed by atoms with van der Waals surface area (Å²) in [5.41, 5.74) is 1.47. The van der Waals surface area contributed by atoms with Crippen molar-refractivity contribution in [2.75, 3.05) is 10.6 Å². The van der Waals surface area contributed by atoms with Crippen molar-refractivity contribution < 1.29 is 18.8 Å². The highest BCUT2D eigenvalue weighted by Gasteiger charge is 2.17. The predicted octanol–water partition coefficient (Wildman–Crippen LogP) is 7.07. The van der Waals surface area contributed by atoms with Crippen LogP contribution in [0.5, 0.6) is 0 Å². The van der Waals surface area contributed by atoms with Gasteiger partial charge < -0.3 is 16.0 Å². The van der Waals surface area contributed by atoms with Gasteiger partial charge in [-0.2, -0.15) is 0 Å². The molecule has 1 aromatic heterocycles. The molecule has 0 aliphatic heterocycles. The van der Waals surface area contributed by atoms with Crippen molar-refractivity contribution in [3.05, 3.63) is 117 Å². The van der Waals surface area contributed by atoms with E-state index in [-0.39, 0.29) is 16.6 Å². The highest BCUT2D eigenvalue weighted by atomic mass is 35.5. The molecule has 3 aromatic carbocycles. The molecule has 6 nitrogen and oxygen atoms in total. The van der Waals surface area contributed by atoms with Crippen LogP contribution in [0.15, 0.2) is 101 Å². The molecule has 0 bridgehead atoms. The number of benzene rings is 3. The minimum atomic E-state index is -0.558. The van der Waals surface area contributed by atoms with Crippen molar-refractivity contribution in [2.24, 2.45) is 0 Å². The van der Waals surface area contributed by atoms with Crippen LogP contribution < -0.4 is 16.0 Å². The van der Waals surface area contributed by atoms with Gasteiger partial charge in [0.05, 0.1) is 10.3 Å². The highest BCUT2D eigenvalue weighted by Crippen LogP contribution is 2.27. The zero-order valence-corrected chi connectivity index (χ0v) is 23.0. The van der Waals surface area contributed by atoms with Gasteiger partial charge in [0.15, 0.2) is 0 Å². The Kier molecular flexibility index (Phi) is 9.54. The first-order chi connectivity index (χ1) is 18.8. The highest BCUT2D eigenvalue weighted by molar-refractivity contribution is 8.00. The van der Waals surface area contributed by atoms with Crippen LogP contribution in [0.3, 0.4) is 0 Å². The van der Waals surface area contributed by atoms with Crippen molar-refractivity contribution >= 4 is 69.9 Å². The Bertz CT molecular complexity index is 1490. The minimum absolute atomic E-state index is 0.0706. The van der Waals surface area contributed by atoms with Crippen LogP contribution in [0.25, 0.3) is 6.08 Å². The molecule has 0 spiro atoms. The summed E-state index contributed by atoms with van der Waals surface area (Å²) in [6.45, 7) is 1.75. The van der Waals surface area contributed by atoms with E-state index in [1.165, 1.54) is 41.3 Å². The average molecular weight is 580 g/mol. The summed E-state index contributed by atoms with van der Waals surface area (Å²) in [7, 11) is 0. The van der Waals surface area contributed by atoms with Gasteiger partial charge in [0.25, 0.3) is 11.8 Å². The first-order valence-corrected chi connectivity index (χ1v) is 13.9. The van der Waals surface area contributed by atoms with E-state index in [1.54, 1.807) is 61.5 Å². The molecule has 3 N–H and O–H groups in total. The topological polar surface area (TPSA) is 87.3 Å². The smallest absolute Gasteiger partial charge is 0.272 e. The Morgan fingerprint density at radius 3 is 2.31 bits per heavy atom. The predicted molar refractivity (Wildman–Crippen MR) is 157 cm³/mol. The Labute approximate surface area is 238 Å². The second kappa shape index (κ2) is 13.2. The minimum Gasteiger partial charge on any atom is -0.325 e. The molecule has 39 heavy (non-hydrogen) atoms. The molecule has 10 heteroatoms. The Hall–Kier alpha value is -3.92. The molecular formula is C29H23ClFN3O3S2. The fourth-order valence-electron chi connectivity index (χ4n) is 3.35. The molecule has 4 aromatic rings. The third-order valence-corrected chi connectivity index (χ3v) is 7.56. The van der Waals surface area contributed by atoms with Crippen LogP contribution in [0.2, 0.25) is 5.02 Å². The second-order valence-electron chi connectivity index (χ2n) is 8.25. The third kappa shape index (κ3) is 8.03. The van der Waals surface area contributed by atoms with E-state index in [1.807, 2.05) is 23.6 Å². The van der Waals surface area contributed by atoms with E-state index in [0.29, 0.717) is 16.9 Å². The summed E-state index contributed by atoms with van der Waals surface area (Å²) in [6.07, 6.45) is 1.62. The maximum atomic E-state index is 13.4. The maximum absolute atomic E-state index is 13.4. The second-order valence-corrected chi connectivity index (χ2v) is 11.1. The molecule has 0 fully saturated rings. The van der Waals surface area contributed by atoms with Gasteiger partial charge in [-0.15, -0.1) is 23.1 Å². The first-order valence-electron chi connectivity index (χ1n) is 11.7. The van der Waals surface area contributed by atoms with Crippen molar-refractivity contribution in [2.45, 2.75) is 17.1 Å². The Morgan fingerprint density at radius 2 is 1.64 bits per heavy atom. The number of thioether (sulfide) groups is 1. The number of nitrogens with one attached hydrogen (secondary N) is 3. The number of hydrogen-bond acceptors (Lipinski definition) is 5. The number of carbonyl (C=O) groups is 3. The molecule has 0 radical (unpaired) electrons. The summed E-state index contributed by atoms with van der Waals surface area (Å²) >= 11 is 8.55. The molecule has 0 saturated carbocycles. The van der Waals surface area contributed by atoms with E-state index in [2.05, 4.69) is 16.0 Å². The van der Waals surface area contributed by atoms with Gasteiger partial charge >= 0.3 is 0 Å². The lowest BCUT2D eigenvalue weighted by atomic mass is 10.2. The Balaban J connectivity index is 1.39. The Morgan fingerprint density at radius 1 is 0.923 bits per heavy atom. The van der Waals surface area contributed by atoms with E-state index < -0.39 is 22.9 Å². The molecule has 198 valence electrons. The quantitative estimate of drug-likeness (QED) is 0.146. The largest absolute Gasteiger partial charge is 0.325 e. The number of carbonyl (C=O) groups excluding carboxylic acids is 3. The molecule has 0 aliphatic carbocycles. The molecule has 1 atom stereocenters. The van der Waals surface area contributed by atoms with Gasteiger partial charge in [-0.05, 0) is 79.0 Å². The summed E-state index contributed by atoms with van der Waals surface area (Å²) in [5, 5.41) is 9.59. The van der Waals surface area contributed by atoms with Gasteiger partial charge in [-0.25, -0.2) is 4.39 Å². The third-order valence-electron chi connectivity index (χ3n) is 5.34. The average Bonchev–Trinajstić information content (AvgIpc) is 3.45. The SMILES string of the molecule is CC(Sc1ccc(NC(=O)/C(=C/c2cccs2)NC(=O)c2ccccc2)cc1)C(=O)Nc1ccc(F)c(Cl)c1. The first kappa shape index (κ1) is 28.1. The van der Waals surface area contributed by atoms with Crippen LogP contribution in [-0.2, 0) is 9.59 Å².